The third-order valence-electron chi connectivity index (χ3n) is 3.04. The maximum atomic E-state index is 11.9. The predicted octanol–water partition coefficient (Wildman–Crippen LogP) is 1.63. The Morgan fingerprint density at radius 2 is 2.22 bits per heavy atom. The fraction of sp³-hybridized carbons (Fsp3) is 0.357. The molecule has 1 aliphatic rings. The molecule has 2 heterocycles. The van der Waals surface area contributed by atoms with E-state index >= 15 is 0 Å². The van der Waals surface area contributed by atoms with Crippen LogP contribution in [-0.4, -0.2) is 48.2 Å². The summed E-state index contributed by atoms with van der Waals surface area (Å²) >= 11 is 2.78. The van der Waals surface area contributed by atoms with Crippen LogP contribution in [0.1, 0.15) is 0 Å². The molecule has 0 bridgehead atoms. The summed E-state index contributed by atoms with van der Waals surface area (Å²) in [5.74, 6) is 1.67. The van der Waals surface area contributed by atoms with Gasteiger partial charge >= 0.3 is 0 Å². The Hall–Kier alpha value is -2.00. The van der Waals surface area contributed by atoms with Crippen molar-refractivity contribution in [3.8, 4) is 11.5 Å². The number of anilines is 1. The highest BCUT2D eigenvalue weighted by Crippen LogP contribution is 2.30. The van der Waals surface area contributed by atoms with Gasteiger partial charge in [0.1, 0.15) is 12.7 Å². The van der Waals surface area contributed by atoms with Crippen LogP contribution < -0.4 is 20.1 Å². The van der Waals surface area contributed by atoms with E-state index in [4.69, 9.17) is 9.47 Å². The highest BCUT2D eigenvalue weighted by molar-refractivity contribution is 8.01. The van der Waals surface area contributed by atoms with Crippen molar-refractivity contribution in [3.05, 3.63) is 24.3 Å². The molecule has 0 radical (unpaired) electrons. The van der Waals surface area contributed by atoms with E-state index in [1.165, 1.54) is 23.1 Å². The molecule has 1 aromatic carbocycles. The van der Waals surface area contributed by atoms with Crippen LogP contribution in [0.25, 0.3) is 0 Å². The third kappa shape index (κ3) is 4.26. The molecule has 2 N–H and O–H groups in total. The normalized spacial score (nSPS) is 16.0. The van der Waals surface area contributed by atoms with Gasteiger partial charge in [0.2, 0.25) is 11.0 Å². The van der Waals surface area contributed by atoms with Gasteiger partial charge in [0.05, 0.1) is 12.3 Å². The molecule has 23 heavy (non-hydrogen) atoms. The lowest BCUT2D eigenvalue weighted by Crippen LogP contribution is -2.41. The smallest absolute Gasteiger partial charge is 0.230 e. The van der Waals surface area contributed by atoms with Gasteiger partial charge in [-0.05, 0) is 12.1 Å². The first-order chi connectivity index (χ1) is 11.2. The molecular formula is C14H16N4O3S2. The maximum Gasteiger partial charge on any atom is 0.230 e. The van der Waals surface area contributed by atoms with Gasteiger partial charge < -0.3 is 20.1 Å². The zero-order valence-electron chi connectivity index (χ0n) is 12.4. The molecule has 3 rings (SSSR count). The molecule has 2 aromatic rings. The lowest BCUT2D eigenvalue weighted by atomic mass is 10.2. The number of nitrogens with zero attached hydrogens (tertiary/aromatic N) is 2. The highest BCUT2D eigenvalue weighted by atomic mass is 32.2. The first-order valence-corrected chi connectivity index (χ1v) is 8.84. The molecule has 1 aromatic heterocycles. The summed E-state index contributed by atoms with van der Waals surface area (Å²) in [6.45, 7) is 0.831. The van der Waals surface area contributed by atoms with E-state index in [0.29, 0.717) is 24.7 Å². The minimum atomic E-state index is -0.184. The Morgan fingerprint density at radius 1 is 1.39 bits per heavy atom. The van der Waals surface area contributed by atoms with E-state index in [2.05, 4.69) is 20.8 Å². The van der Waals surface area contributed by atoms with E-state index in [9.17, 15) is 4.79 Å². The molecule has 0 aliphatic carbocycles. The minimum absolute atomic E-state index is 0.0707. The van der Waals surface area contributed by atoms with Gasteiger partial charge in [-0.15, -0.1) is 10.2 Å². The molecule has 1 atom stereocenters. The van der Waals surface area contributed by atoms with Crippen molar-refractivity contribution in [2.45, 2.75) is 10.4 Å². The predicted molar refractivity (Wildman–Crippen MR) is 89.5 cm³/mol. The number of ether oxygens (including phenoxy) is 2. The number of carbonyl (C=O) groups is 1. The Labute approximate surface area is 141 Å². The molecule has 1 aliphatic heterocycles. The molecule has 0 fully saturated rings. The second kappa shape index (κ2) is 7.51. The SMILES string of the molecule is CNc1nnc(SCC(=O)NCC2COc3ccccc3O2)s1. The number of hydrogen-bond acceptors (Lipinski definition) is 8. The highest BCUT2D eigenvalue weighted by Gasteiger charge is 2.21. The van der Waals surface area contributed by atoms with Gasteiger partial charge in [-0.1, -0.05) is 35.2 Å². The van der Waals surface area contributed by atoms with Crippen LogP contribution >= 0.6 is 23.1 Å². The Bertz CT molecular complexity index is 680. The van der Waals surface area contributed by atoms with Gasteiger partial charge in [0.15, 0.2) is 15.8 Å². The molecule has 1 unspecified atom stereocenters. The lowest BCUT2D eigenvalue weighted by Gasteiger charge is -2.26. The zero-order valence-corrected chi connectivity index (χ0v) is 14.1. The summed E-state index contributed by atoms with van der Waals surface area (Å²) in [6.07, 6.45) is -0.184. The number of aromatic nitrogens is 2. The number of nitrogens with one attached hydrogen (secondary N) is 2. The number of benzene rings is 1. The summed E-state index contributed by atoms with van der Waals surface area (Å²) in [5.41, 5.74) is 0. The van der Waals surface area contributed by atoms with Gasteiger partial charge in [-0.25, -0.2) is 0 Å². The molecule has 0 saturated carbocycles. The van der Waals surface area contributed by atoms with E-state index in [1.54, 1.807) is 7.05 Å². The van der Waals surface area contributed by atoms with E-state index in [-0.39, 0.29) is 12.0 Å². The molecule has 122 valence electrons. The molecule has 1 amide bonds. The van der Waals surface area contributed by atoms with Crippen molar-refractivity contribution >= 4 is 34.1 Å². The average Bonchev–Trinajstić information content (AvgIpc) is 3.06. The number of fused-ring (bicyclic) bond motifs is 1. The number of rotatable bonds is 6. The van der Waals surface area contributed by atoms with Crippen molar-refractivity contribution < 1.29 is 14.3 Å². The monoisotopic (exact) mass is 352 g/mol. The van der Waals surface area contributed by atoms with Crippen molar-refractivity contribution in [1.29, 1.82) is 0 Å². The number of carbonyl (C=O) groups excluding carboxylic acids is 1. The quantitative estimate of drug-likeness (QED) is 0.764. The standard InChI is InChI=1S/C14H16N4O3S2/c1-15-13-17-18-14(23-13)22-8-12(19)16-6-9-7-20-10-4-2-3-5-11(10)21-9/h2-5,9H,6-8H2,1H3,(H,15,17)(H,16,19). The van der Waals surface area contributed by atoms with Crippen LogP contribution in [0.4, 0.5) is 5.13 Å². The summed E-state index contributed by atoms with van der Waals surface area (Å²) in [4.78, 5) is 11.9. The summed E-state index contributed by atoms with van der Waals surface area (Å²) in [6, 6.07) is 7.51. The molecule has 0 saturated heterocycles. The Morgan fingerprint density at radius 3 is 3.00 bits per heavy atom. The van der Waals surface area contributed by atoms with Crippen LogP contribution in [0.3, 0.4) is 0 Å². The van der Waals surface area contributed by atoms with Gasteiger partial charge in [-0.2, -0.15) is 0 Å². The number of hydrogen-bond donors (Lipinski definition) is 2. The third-order valence-corrected chi connectivity index (χ3v) is 5.12. The van der Waals surface area contributed by atoms with Crippen molar-refractivity contribution in [1.82, 2.24) is 15.5 Å². The van der Waals surface area contributed by atoms with E-state index in [1.807, 2.05) is 24.3 Å². The van der Waals surface area contributed by atoms with Crippen molar-refractivity contribution in [2.24, 2.45) is 0 Å². The van der Waals surface area contributed by atoms with Crippen LogP contribution in [0, 0.1) is 0 Å². The Kier molecular flexibility index (Phi) is 5.19. The van der Waals surface area contributed by atoms with Crippen molar-refractivity contribution in [3.63, 3.8) is 0 Å². The lowest BCUT2D eigenvalue weighted by molar-refractivity contribution is -0.119. The van der Waals surface area contributed by atoms with Crippen molar-refractivity contribution in [2.75, 3.05) is 31.3 Å². The number of para-hydroxylation sites is 2. The number of amides is 1. The average molecular weight is 352 g/mol. The summed E-state index contributed by atoms with van der Waals surface area (Å²) < 4.78 is 12.2. The van der Waals surface area contributed by atoms with E-state index < -0.39 is 0 Å². The maximum absolute atomic E-state index is 11.9. The topological polar surface area (TPSA) is 85.4 Å². The largest absolute Gasteiger partial charge is 0.486 e. The first kappa shape index (κ1) is 15.9. The van der Waals surface area contributed by atoms with Crippen LogP contribution in [0.2, 0.25) is 0 Å². The molecule has 0 spiro atoms. The summed E-state index contributed by atoms with van der Waals surface area (Å²) in [7, 11) is 1.78. The van der Waals surface area contributed by atoms with Gasteiger partial charge in [0, 0.05) is 7.05 Å². The van der Waals surface area contributed by atoms with E-state index in [0.717, 1.165) is 15.2 Å². The molecule has 7 nitrogen and oxygen atoms in total. The van der Waals surface area contributed by atoms with Crippen LogP contribution in [0.15, 0.2) is 28.6 Å². The van der Waals surface area contributed by atoms with Crippen LogP contribution in [0.5, 0.6) is 11.5 Å². The second-order valence-electron chi connectivity index (χ2n) is 4.71. The first-order valence-electron chi connectivity index (χ1n) is 7.04. The zero-order chi connectivity index (χ0) is 16.1. The van der Waals surface area contributed by atoms with Gasteiger partial charge in [-0.3, -0.25) is 4.79 Å². The fourth-order valence-electron chi connectivity index (χ4n) is 1.94. The van der Waals surface area contributed by atoms with Gasteiger partial charge in [0.25, 0.3) is 0 Å². The molecule has 9 heteroatoms. The number of thioether (sulfide) groups is 1. The van der Waals surface area contributed by atoms with Crippen LogP contribution in [-0.2, 0) is 4.79 Å². The summed E-state index contributed by atoms with van der Waals surface area (Å²) in [5, 5.41) is 14.4. The molecular weight excluding hydrogens is 336 g/mol. The minimum Gasteiger partial charge on any atom is -0.486 e. The second-order valence-corrected chi connectivity index (χ2v) is 6.91. The fourth-order valence-corrected chi connectivity index (χ4v) is 3.47. The Balaban J connectivity index is 1.41.